The summed E-state index contributed by atoms with van der Waals surface area (Å²) in [7, 11) is 1.84. The molecule has 0 amide bonds. The van der Waals surface area contributed by atoms with Gasteiger partial charge in [0.1, 0.15) is 0 Å². The second-order valence-corrected chi connectivity index (χ2v) is 4.31. The molecule has 90 valence electrons. The molecule has 0 saturated carbocycles. The first-order chi connectivity index (χ1) is 8.04. The number of aliphatic imine (C=N–C) groups is 1. The van der Waals surface area contributed by atoms with Crippen LogP contribution in [0.4, 0.5) is 5.69 Å². The van der Waals surface area contributed by atoms with Crippen LogP contribution in [0.15, 0.2) is 29.3 Å². The molecule has 0 aliphatic carbocycles. The first kappa shape index (κ1) is 13.0. The molecule has 4 nitrogen and oxygen atoms in total. The third-order valence-electron chi connectivity index (χ3n) is 2.32. The summed E-state index contributed by atoms with van der Waals surface area (Å²) in [6.07, 6.45) is 0. The largest absolute Gasteiger partial charge is 0.370 e. The van der Waals surface area contributed by atoms with Gasteiger partial charge in [-0.15, -0.1) is 0 Å². The summed E-state index contributed by atoms with van der Waals surface area (Å²) in [6, 6.07) is 9.39. The molecule has 1 aromatic rings. The summed E-state index contributed by atoms with van der Waals surface area (Å²) in [5, 5.41) is 8.83. The Bertz CT molecular complexity index is 443. The molecule has 0 aliphatic heterocycles. The zero-order chi connectivity index (χ0) is 12.8. The molecule has 0 unspecified atom stereocenters. The topological polar surface area (TPSA) is 65.4 Å². The highest BCUT2D eigenvalue weighted by Crippen LogP contribution is 2.14. The summed E-state index contributed by atoms with van der Waals surface area (Å²) >= 11 is 0. The molecule has 4 heteroatoms. The van der Waals surface area contributed by atoms with Crippen molar-refractivity contribution in [2.24, 2.45) is 16.6 Å². The van der Waals surface area contributed by atoms with E-state index in [2.05, 4.69) is 24.9 Å². The van der Waals surface area contributed by atoms with Crippen LogP contribution in [0, 0.1) is 17.2 Å². The van der Waals surface area contributed by atoms with Crippen molar-refractivity contribution in [1.82, 2.24) is 0 Å². The molecule has 0 radical (unpaired) electrons. The van der Waals surface area contributed by atoms with E-state index in [0.29, 0.717) is 24.0 Å². The molecule has 0 bridgehead atoms. The fraction of sp³-hybridized carbons (Fsp3) is 0.385. The number of nitriles is 1. The normalized spacial score (nSPS) is 11.4. The highest BCUT2D eigenvalue weighted by atomic mass is 15.2. The van der Waals surface area contributed by atoms with Crippen molar-refractivity contribution >= 4 is 11.6 Å². The second kappa shape index (κ2) is 5.90. The number of rotatable bonds is 3. The highest BCUT2D eigenvalue weighted by molar-refractivity contribution is 5.94. The van der Waals surface area contributed by atoms with Gasteiger partial charge in [-0.1, -0.05) is 19.9 Å². The van der Waals surface area contributed by atoms with E-state index >= 15 is 0 Å². The number of hydrogen-bond donors (Lipinski definition) is 1. The number of anilines is 1. The Hall–Kier alpha value is -2.02. The van der Waals surface area contributed by atoms with Gasteiger partial charge in [-0.25, -0.2) is 0 Å². The van der Waals surface area contributed by atoms with Crippen LogP contribution in [0.1, 0.15) is 19.4 Å². The lowest BCUT2D eigenvalue weighted by Gasteiger charge is -2.18. The van der Waals surface area contributed by atoms with Crippen LogP contribution in [0.3, 0.4) is 0 Å². The molecule has 1 aromatic carbocycles. The van der Waals surface area contributed by atoms with Gasteiger partial charge in [0.25, 0.3) is 0 Å². The zero-order valence-corrected chi connectivity index (χ0v) is 10.5. The van der Waals surface area contributed by atoms with Crippen molar-refractivity contribution in [3.05, 3.63) is 29.8 Å². The van der Waals surface area contributed by atoms with E-state index in [1.165, 1.54) is 0 Å². The van der Waals surface area contributed by atoms with E-state index in [9.17, 15) is 0 Å². The maximum atomic E-state index is 8.83. The number of hydrogen-bond acceptors (Lipinski definition) is 2. The Morgan fingerprint density at radius 2 is 2.24 bits per heavy atom. The molecule has 0 saturated heterocycles. The maximum absolute atomic E-state index is 8.83. The number of guanidine groups is 1. The van der Waals surface area contributed by atoms with Gasteiger partial charge < -0.3 is 10.6 Å². The van der Waals surface area contributed by atoms with E-state index < -0.39 is 0 Å². The van der Waals surface area contributed by atoms with Crippen molar-refractivity contribution in [3.8, 4) is 6.07 Å². The van der Waals surface area contributed by atoms with Gasteiger partial charge in [-0.05, 0) is 24.1 Å². The predicted molar refractivity (Wildman–Crippen MR) is 70.9 cm³/mol. The van der Waals surface area contributed by atoms with E-state index in [1.54, 1.807) is 17.0 Å². The van der Waals surface area contributed by atoms with E-state index in [0.717, 1.165) is 5.69 Å². The molecule has 0 atom stereocenters. The first-order valence-electron chi connectivity index (χ1n) is 5.58. The third-order valence-corrected chi connectivity index (χ3v) is 2.32. The van der Waals surface area contributed by atoms with Crippen molar-refractivity contribution in [3.63, 3.8) is 0 Å². The minimum absolute atomic E-state index is 0.466. The van der Waals surface area contributed by atoms with Gasteiger partial charge in [0.05, 0.1) is 11.6 Å². The molecule has 0 aromatic heterocycles. The number of nitrogens with two attached hydrogens (primary N) is 1. The summed E-state index contributed by atoms with van der Waals surface area (Å²) in [4.78, 5) is 6.07. The molecule has 0 heterocycles. The molecule has 0 fully saturated rings. The standard InChI is InChI=1S/C13H18N4/c1-10(2)9-16-13(15)17(3)12-6-4-5-11(7-12)8-14/h4-7,10H,9H2,1-3H3,(H2,15,16). The average Bonchev–Trinajstić information content (AvgIpc) is 2.35. The van der Waals surface area contributed by atoms with Crippen molar-refractivity contribution in [2.45, 2.75) is 13.8 Å². The van der Waals surface area contributed by atoms with Crippen LogP contribution in [-0.2, 0) is 0 Å². The number of nitrogens with zero attached hydrogens (tertiary/aromatic N) is 3. The van der Waals surface area contributed by atoms with Gasteiger partial charge in [-0.3, -0.25) is 4.99 Å². The quantitative estimate of drug-likeness (QED) is 0.637. The lowest BCUT2D eigenvalue weighted by molar-refractivity contribution is 0.664. The fourth-order valence-corrected chi connectivity index (χ4v) is 1.30. The van der Waals surface area contributed by atoms with Crippen LogP contribution < -0.4 is 10.6 Å². The van der Waals surface area contributed by atoms with Crippen molar-refractivity contribution < 1.29 is 0 Å². The summed E-state index contributed by atoms with van der Waals surface area (Å²) in [6.45, 7) is 4.88. The van der Waals surface area contributed by atoms with Crippen LogP contribution in [-0.4, -0.2) is 19.6 Å². The van der Waals surface area contributed by atoms with Crippen LogP contribution in [0.25, 0.3) is 0 Å². The van der Waals surface area contributed by atoms with Gasteiger partial charge >= 0.3 is 0 Å². The maximum Gasteiger partial charge on any atom is 0.195 e. The van der Waals surface area contributed by atoms with Gasteiger partial charge in [-0.2, -0.15) is 5.26 Å². The van der Waals surface area contributed by atoms with Crippen molar-refractivity contribution in [2.75, 3.05) is 18.5 Å². The summed E-state index contributed by atoms with van der Waals surface area (Å²) in [5.41, 5.74) is 7.37. The van der Waals surface area contributed by atoms with Crippen LogP contribution in [0.5, 0.6) is 0 Å². The molecule has 17 heavy (non-hydrogen) atoms. The second-order valence-electron chi connectivity index (χ2n) is 4.31. The van der Waals surface area contributed by atoms with Crippen LogP contribution in [0.2, 0.25) is 0 Å². The van der Waals surface area contributed by atoms with E-state index in [4.69, 9.17) is 11.0 Å². The fourth-order valence-electron chi connectivity index (χ4n) is 1.30. The lowest BCUT2D eigenvalue weighted by Crippen LogP contribution is -2.34. The third kappa shape index (κ3) is 3.80. The smallest absolute Gasteiger partial charge is 0.195 e. The first-order valence-corrected chi connectivity index (χ1v) is 5.58. The Balaban J connectivity index is 2.85. The number of benzene rings is 1. The molecule has 1 rings (SSSR count). The van der Waals surface area contributed by atoms with Crippen LogP contribution >= 0.6 is 0 Å². The Labute approximate surface area is 102 Å². The molecule has 2 N–H and O–H groups in total. The summed E-state index contributed by atoms with van der Waals surface area (Å²) in [5.74, 6) is 0.946. The molecule has 0 aliphatic rings. The molecule has 0 spiro atoms. The minimum Gasteiger partial charge on any atom is -0.370 e. The molecular formula is C13H18N4. The van der Waals surface area contributed by atoms with Gasteiger partial charge in [0.15, 0.2) is 5.96 Å². The monoisotopic (exact) mass is 230 g/mol. The lowest BCUT2D eigenvalue weighted by atomic mass is 10.2. The van der Waals surface area contributed by atoms with Gasteiger partial charge in [0.2, 0.25) is 0 Å². The van der Waals surface area contributed by atoms with E-state index in [-0.39, 0.29) is 0 Å². The highest BCUT2D eigenvalue weighted by Gasteiger charge is 2.05. The van der Waals surface area contributed by atoms with Gasteiger partial charge in [0, 0.05) is 19.3 Å². The average molecular weight is 230 g/mol. The Kier molecular flexibility index (Phi) is 4.53. The SMILES string of the molecule is CC(C)CN=C(N)N(C)c1cccc(C#N)c1. The minimum atomic E-state index is 0.466. The predicted octanol–water partition coefficient (Wildman–Crippen LogP) is 1.97. The Morgan fingerprint density at radius 3 is 2.82 bits per heavy atom. The van der Waals surface area contributed by atoms with E-state index in [1.807, 2.05) is 19.2 Å². The molecular weight excluding hydrogens is 212 g/mol. The zero-order valence-electron chi connectivity index (χ0n) is 10.5. The Morgan fingerprint density at radius 1 is 1.53 bits per heavy atom. The van der Waals surface area contributed by atoms with Crippen molar-refractivity contribution in [1.29, 1.82) is 5.26 Å². The summed E-state index contributed by atoms with van der Waals surface area (Å²) < 4.78 is 0.